The van der Waals surface area contributed by atoms with Crippen LogP contribution in [0.3, 0.4) is 0 Å². The summed E-state index contributed by atoms with van der Waals surface area (Å²) in [7, 11) is -3.24. The van der Waals surface area contributed by atoms with Gasteiger partial charge in [0, 0.05) is 13.2 Å². The number of sulfonamides is 1. The van der Waals surface area contributed by atoms with E-state index in [9.17, 15) is 8.42 Å². The molecule has 6 heteroatoms. The van der Waals surface area contributed by atoms with Gasteiger partial charge in [-0.2, -0.15) is 4.31 Å². The van der Waals surface area contributed by atoms with Gasteiger partial charge in [-0.25, -0.2) is 8.42 Å². The van der Waals surface area contributed by atoms with Crippen molar-refractivity contribution in [2.45, 2.75) is 32.2 Å². The van der Waals surface area contributed by atoms with Gasteiger partial charge >= 0.3 is 0 Å². The van der Waals surface area contributed by atoms with Gasteiger partial charge in [-0.3, -0.25) is 0 Å². The first kappa shape index (κ1) is 14.1. The van der Waals surface area contributed by atoms with Gasteiger partial charge in [0.2, 0.25) is 10.0 Å². The van der Waals surface area contributed by atoms with E-state index in [0.717, 1.165) is 30.8 Å². The summed E-state index contributed by atoms with van der Waals surface area (Å²) in [4.78, 5) is 0. The van der Waals surface area contributed by atoms with Crippen LogP contribution in [-0.2, 0) is 14.8 Å². The first-order chi connectivity index (χ1) is 9.56. The zero-order chi connectivity index (χ0) is 14.2. The van der Waals surface area contributed by atoms with Crippen LogP contribution < -0.4 is 0 Å². The Morgan fingerprint density at radius 3 is 2.85 bits per heavy atom. The Balaban J connectivity index is 1.77. The maximum absolute atomic E-state index is 12.6. The third kappa shape index (κ3) is 2.77. The molecule has 0 aromatic carbocycles. The molecule has 0 bridgehead atoms. The minimum atomic E-state index is -3.24. The first-order valence-corrected chi connectivity index (χ1v) is 8.81. The number of hydrogen-bond acceptors (Lipinski definition) is 4. The zero-order valence-corrected chi connectivity index (χ0v) is 12.6. The molecule has 0 radical (unpaired) electrons. The van der Waals surface area contributed by atoms with Crippen LogP contribution in [0.1, 0.15) is 36.8 Å². The Kier molecular flexibility index (Phi) is 3.88. The number of rotatable bonds is 4. The van der Waals surface area contributed by atoms with Crippen molar-refractivity contribution in [3.05, 3.63) is 23.7 Å². The summed E-state index contributed by atoms with van der Waals surface area (Å²) in [5, 5.41) is 0. The number of hydrogen-bond donors (Lipinski definition) is 0. The fourth-order valence-electron chi connectivity index (χ4n) is 3.10. The standard InChI is InChI=1S/C14H21NO4S/c1-11-4-5-14(19-11)13-3-2-7-15(13)20(16,17)10-12-6-8-18-9-12/h4-5,12-13H,2-3,6-10H2,1H3/t12-,13-/m1/s1. The highest BCUT2D eigenvalue weighted by molar-refractivity contribution is 7.89. The van der Waals surface area contributed by atoms with Gasteiger partial charge in [0.1, 0.15) is 11.5 Å². The van der Waals surface area contributed by atoms with Crippen LogP contribution in [0.4, 0.5) is 0 Å². The number of ether oxygens (including phenoxy) is 1. The maximum Gasteiger partial charge on any atom is 0.215 e. The molecule has 3 heterocycles. The fraction of sp³-hybridized carbons (Fsp3) is 0.714. The van der Waals surface area contributed by atoms with E-state index in [0.29, 0.717) is 19.8 Å². The van der Waals surface area contributed by atoms with E-state index in [4.69, 9.17) is 9.15 Å². The first-order valence-electron chi connectivity index (χ1n) is 7.20. The van der Waals surface area contributed by atoms with Gasteiger partial charge in [-0.1, -0.05) is 0 Å². The van der Waals surface area contributed by atoms with Crippen LogP contribution in [0.2, 0.25) is 0 Å². The van der Waals surface area contributed by atoms with Crippen LogP contribution in [0, 0.1) is 12.8 Å². The fourth-order valence-corrected chi connectivity index (χ4v) is 5.15. The lowest BCUT2D eigenvalue weighted by molar-refractivity contribution is 0.188. The van der Waals surface area contributed by atoms with Crippen molar-refractivity contribution in [1.82, 2.24) is 4.31 Å². The Hall–Kier alpha value is -0.850. The normalized spacial score (nSPS) is 28.2. The SMILES string of the molecule is Cc1ccc([C@H]2CCCN2S(=O)(=O)C[C@@H]2CCOC2)o1. The van der Waals surface area contributed by atoms with Crippen LogP contribution >= 0.6 is 0 Å². The lowest BCUT2D eigenvalue weighted by Gasteiger charge is -2.23. The minimum absolute atomic E-state index is 0.129. The van der Waals surface area contributed by atoms with E-state index >= 15 is 0 Å². The molecule has 5 nitrogen and oxygen atoms in total. The van der Waals surface area contributed by atoms with Crippen molar-refractivity contribution >= 4 is 10.0 Å². The molecule has 0 unspecified atom stereocenters. The van der Waals surface area contributed by atoms with E-state index in [1.165, 1.54) is 0 Å². The molecule has 2 atom stereocenters. The third-order valence-corrected chi connectivity index (χ3v) is 6.17. The van der Waals surface area contributed by atoms with E-state index in [-0.39, 0.29) is 17.7 Å². The van der Waals surface area contributed by atoms with Gasteiger partial charge < -0.3 is 9.15 Å². The second-order valence-electron chi connectivity index (χ2n) is 5.73. The molecule has 0 aliphatic carbocycles. The molecular formula is C14H21NO4S. The van der Waals surface area contributed by atoms with E-state index in [1.54, 1.807) is 4.31 Å². The average molecular weight is 299 g/mol. The summed E-state index contributed by atoms with van der Waals surface area (Å²) < 4.78 is 37.8. The molecule has 20 heavy (non-hydrogen) atoms. The average Bonchev–Trinajstić information content (AvgIpc) is 3.07. The van der Waals surface area contributed by atoms with Gasteiger partial charge in [-0.15, -0.1) is 0 Å². The quantitative estimate of drug-likeness (QED) is 0.854. The van der Waals surface area contributed by atoms with E-state index in [1.807, 2.05) is 19.1 Å². The molecule has 2 fully saturated rings. The highest BCUT2D eigenvalue weighted by Gasteiger charge is 2.38. The third-order valence-electron chi connectivity index (χ3n) is 4.12. The summed E-state index contributed by atoms with van der Waals surface area (Å²) in [5.41, 5.74) is 0. The molecule has 0 saturated carbocycles. The van der Waals surface area contributed by atoms with Crippen molar-refractivity contribution in [2.24, 2.45) is 5.92 Å². The van der Waals surface area contributed by atoms with Crippen molar-refractivity contribution in [2.75, 3.05) is 25.5 Å². The molecule has 3 rings (SSSR count). The second kappa shape index (κ2) is 5.50. The number of aryl methyl sites for hydroxylation is 1. The Labute approximate surface area is 119 Å². The van der Waals surface area contributed by atoms with Crippen LogP contribution in [0.25, 0.3) is 0 Å². The van der Waals surface area contributed by atoms with Crippen molar-refractivity contribution < 1.29 is 17.6 Å². The summed E-state index contributed by atoms with van der Waals surface area (Å²) in [6.07, 6.45) is 2.58. The molecule has 1 aromatic rings. The van der Waals surface area contributed by atoms with E-state index in [2.05, 4.69) is 0 Å². The summed E-state index contributed by atoms with van der Waals surface area (Å²) in [6.45, 7) is 3.73. The highest BCUT2D eigenvalue weighted by Crippen LogP contribution is 2.36. The molecule has 2 saturated heterocycles. The summed E-state index contributed by atoms with van der Waals surface area (Å²) >= 11 is 0. The van der Waals surface area contributed by atoms with Gasteiger partial charge in [0.05, 0.1) is 18.4 Å². The van der Waals surface area contributed by atoms with Crippen molar-refractivity contribution in [3.63, 3.8) is 0 Å². The topological polar surface area (TPSA) is 59.8 Å². The van der Waals surface area contributed by atoms with Crippen LogP contribution in [0.15, 0.2) is 16.5 Å². The van der Waals surface area contributed by atoms with Crippen LogP contribution in [0.5, 0.6) is 0 Å². The maximum atomic E-state index is 12.6. The highest BCUT2D eigenvalue weighted by atomic mass is 32.2. The van der Waals surface area contributed by atoms with Gasteiger partial charge in [0.25, 0.3) is 0 Å². The van der Waals surface area contributed by atoms with Gasteiger partial charge in [-0.05, 0) is 44.2 Å². The molecule has 2 aliphatic rings. The monoisotopic (exact) mass is 299 g/mol. The van der Waals surface area contributed by atoms with E-state index < -0.39 is 10.0 Å². The number of furan rings is 1. The Bertz CT molecular complexity index is 559. The van der Waals surface area contributed by atoms with Crippen molar-refractivity contribution in [3.8, 4) is 0 Å². The Morgan fingerprint density at radius 2 is 2.20 bits per heavy atom. The largest absolute Gasteiger partial charge is 0.465 e. The zero-order valence-electron chi connectivity index (χ0n) is 11.7. The van der Waals surface area contributed by atoms with Crippen LogP contribution in [-0.4, -0.2) is 38.2 Å². The molecule has 1 aromatic heterocycles. The second-order valence-corrected chi connectivity index (χ2v) is 7.69. The molecule has 0 spiro atoms. The molecule has 0 amide bonds. The predicted octanol–water partition coefficient (Wildman–Crippen LogP) is 2.09. The lowest BCUT2D eigenvalue weighted by Crippen LogP contribution is -2.35. The molecule has 2 aliphatic heterocycles. The molecule has 0 N–H and O–H groups in total. The molecule has 112 valence electrons. The smallest absolute Gasteiger partial charge is 0.215 e. The van der Waals surface area contributed by atoms with Gasteiger partial charge in [0.15, 0.2) is 0 Å². The summed E-state index contributed by atoms with van der Waals surface area (Å²) in [5.74, 6) is 1.93. The minimum Gasteiger partial charge on any atom is -0.465 e. The Morgan fingerprint density at radius 1 is 1.35 bits per heavy atom. The summed E-state index contributed by atoms with van der Waals surface area (Å²) in [6, 6.07) is 3.66. The van der Waals surface area contributed by atoms with Crippen molar-refractivity contribution in [1.29, 1.82) is 0 Å². The molecular weight excluding hydrogens is 278 g/mol. The predicted molar refractivity (Wildman–Crippen MR) is 74.8 cm³/mol. The number of nitrogens with zero attached hydrogens (tertiary/aromatic N) is 1. The lowest BCUT2D eigenvalue weighted by atomic mass is 10.2.